The third-order valence-electron chi connectivity index (χ3n) is 4.47. The topological polar surface area (TPSA) is 127 Å². The van der Waals surface area contributed by atoms with Crippen LogP contribution in [-0.4, -0.2) is 36.9 Å². The number of hydrogen-bond donors (Lipinski definition) is 5. The van der Waals surface area contributed by atoms with Crippen molar-refractivity contribution >= 4 is 5.91 Å². The van der Waals surface area contributed by atoms with Crippen molar-refractivity contribution in [2.45, 2.75) is 25.1 Å². The molecule has 0 spiro atoms. The molecule has 1 heterocycles. The van der Waals surface area contributed by atoms with Gasteiger partial charge in [0.2, 0.25) is 0 Å². The van der Waals surface area contributed by atoms with Crippen LogP contribution >= 0.6 is 0 Å². The fourth-order valence-electron chi connectivity index (χ4n) is 3.00. The zero-order chi connectivity index (χ0) is 20.1. The van der Waals surface area contributed by atoms with Crippen LogP contribution in [0.5, 0.6) is 23.0 Å². The fourth-order valence-corrected chi connectivity index (χ4v) is 3.00. The molecule has 0 radical (unpaired) electrons. The molecule has 150 valence electrons. The lowest BCUT2D eigenvalue weighted by atomic mass is 9.98. The third-order valence-corrected chi connectivity index (χ3v) is 4.47. The van der Waals surface area contributed by atoms with Gasteiger partial charge in [-0.1, -0.05) is 6.07 Å². The van der Waals surface area contributed by atoms with Crippen LogP contribution in [0.15, 0.2) is 42.5 Å². The molecular formula is C19H24N4O5. The number of aromatic hydroxyl groups is 1. The molecule has 0 saturated carbocycles. The average Bonchev–Trinajstić information content (AvgIpc) is 3.06. The molecule has 3 unspecified atom stereocenters. The van der Waals surface area contributed by atoms with Crippen LogP contribution in [0.4, 0.5) is 0 Å². The van der Waals surface area contributed by atoms with Crippen molar-refractivity contribution in [1.82, 2.24) is 16.3 Å². The Kier molecular flexibility index (Phi) is 6.19. The number of benzene rings is 2. The van der Waals surface area contributed by atoms with Crippen LogP contribution in [0.2, 0.25) is 0 Å². The van der Waals surface area contributed by atoms with Gasteiger partial charge < -0.3 is 19.3 Å². The summed E-state index contributed by atoms with van der Waals surface area (Å²) < 4.78 is 16.7. The van der Waals surface area contributed by atoms with Crippen molar-refractivity contribution in [1.29, 1.82) is 0 Å². The van der Waals surface area contributed by atoms with E-state index in [1.54, 1.807) is 25.3 Å². The van der Waals surface area contributed by atoms with Crippen molar-refractivity contribution < 1.29 is 24.1 Å². The fraction of sp³-hybridized carbons (Fsp3) is 0.316. The van der Waals surface area contributed by atoms with E-state index in [2.05, 4.69) is 10.9 Å². The Labute approximate surface area is 162 Å². The maximum atomic E-state index is 11.2. The maximum Gasteiger partial charge on any atom is 0.271 e. The molecule has 3 rings (SSSR count). The number of ether oxygens (including phenoxy) is 3. The number of phenolic OH excluding ortho intramolecular Hbond substituents is 1. The molecular weight excluding hydrogens is 364 g/mol. The van der Waals surface area contributed by atoms with E-state index in [9.17, 15) is 9.90 Å². The number of hydrogen-bond acceptors (Lipinski definition) is 8. The van der Waals surface area contributed by atoms with Crippen LogP contribution in [0, 0.1) is 0 Å². The van der Waals surface area contributed by atoms with Gasteiger partial charge >= 0.3 is 0 Å². The minimum Gasteiger partial charge on any atom is -0.507 e. The van der Waals surface area contributed by atoms with Crippen LogP contribution < -0.4 is 36.3 Å². The van der Waals surface area contributed by atoms with Crippen LogP contribution in [0.25, 0.3) is 0 Å². The van der Waals surface area contributed by atoms with E-state index < -0.39 is 5.91 Å². The smallest absolute Gasteiger partial charge is 0.271 e. The Hall–Kier alpha value is -3.01. The Morgan fingerprint density at radius 3 is 2.68 bits per heavy atom. The SMILES string of the molecule is COc1cccc(OC2C(C)NNC2c2ccc(OCC(=O)NN)cc2O)c1. The van der Waals surface area contributed by atoms with Crippen molar-refractivity contribution in [3.63, 3.8) is 0 Å². The number of nitrogens with one attached hydrogen (secondary N) is 3. The van der Waals surface area contributed by atoms with Crippen LogP contribution in [0.1, 0.15) is 18.5 Å². The predicted molar refractivity (Wildman–Crippen MR) is 102 cm³/mol. The molecule has 1 fully saturated rings. The summed E-state index contributed by atoms with van der Waals surface area (Å²) in [6.45, 7) is 1.74. The van der Waals surface area contributed by atoms with Gasteiger partial charge in [-0.25, -0.2) is 11.3 Å². The molecule has 6 N–H and O–H groups in total. The highest BCUT2D eigenvalue weighted by Crippen LogP contribution is 2.35. The van der Waals surface area contributed by atoms with E-state index in [4.69, 9.17) is 20.1 Å². The average molecular weight is 388 g/mol. The Balaban J connectivity index is 1.76. The van der Waals surface area contributed by atoms with E-state index in [-0.39, 0.29) is 30.5 Å². The summed E-state index contributed by atoms with van der Waals surface area (Å²) in [6.07, 6.45) is -0.284. The summed E-state index contributed by atoms with van der Waals surface area (Å²) in [5, 5.41) is 10.5. The van der Waals surface area contributed by atoms with Crippen molar-refractivity contribution in [3.8, 4) is 23.0 Å². The van der Waals surface area contributed by atoms with E-state index in [1.807, 2.05) is 30.5 Å². The van der Waals surface area contributed by atoms with E-state index in [1.165, 1.54) is 6.07 Å². The summed E-state index contributed by atoms with van der Waals surface area (Å²) in [5.74, 6) is 6.30. The van der Waals surface area contributed by atoms with E-state index >= 15 is 0 Å². The van der Waals surface area contributed by atoms with Crippen LogP contribution in [0.3, 0.4) is 0 Å². The number of hydrazine groups is 2. The highest BCUT2D eigenvalue weighted by molar-refractivity contribution is 5.76. The van der Waals surface area contributed by atoms with Gasteiger partial charge in [-0.15, -0.1) is 0 Å². The number of carbonyl (C=O) groups is 1. The second kappa shape index (κ2) is 8.79. The van der Waals surface area contributed by atoms with Gasteiger partial charge in [0.1, 0.15) is 29.1 Å². The molecule has 0 aliphatic carbocycles. The summed E-state index contributed by atoms with van der Waals surface area (Å²) in [4.78, 5) is 11.2. The van der Waals surface area contributed by atoms with Crippen molar-refractivity contribution in [2.24, 2.45) is 5.84 Å². The third kappa shape index (κ3) is 4.45. The van der Waals surface area contributed by atoms with Gasteiger partial charge in [0.25, 0.3) is 5.91 Å². The number of phenols is 1. The number of rotatable bonds is 7. The number of nitrogens with two attached hydrogens (primary N) is 1. The second-order valence-corrected chi connectivity index (χ2v) is 6.39. The number of methoxy groups -OCH3 is 1. The van der Waals surface area contributed by atoms with Gasteiger partial charge in [0.05, 0.1) is 19.2 Å². The first-order valence-electron chi connectivity index (χ1n) is 8.78. The van der Waals surface area contributed by atoms with Gasteiger partial charge in [0.15, 0.2) is 6.61 Å². The lowest BCUT2D eigenvalue weighted by Crippen LogP contribution is -2.34. The molecule has 0 bridgehead atoms. The normalized spacial score (nSPS) is 21.2. The van der Waals surface area contributed by atoms with Gasteiger partial charge in [-0.2, -0.15) is 0 Å². The van der Waals surface area contributed by atoms with Gasteiger partial charge in [-0.05, 0) is 31.2 Å². The lowest BCUT2D eigenvalue weighted by molar-refractivity contribution is -0.123. The predicted octanol–water partition coefficient (Wildman–Crippen LogP) is 0.754. The molecule has 28 heavy (non-hydrogen) atoms. The first-order chi connectivity index (χ1) is 13.5. The molecule has 1 aliphatic rings. The Bertz CT molecular complexity index is 832. The standard InChI is InChI=1S/C19H24N4O5/c1-11-19(28-14-5-3-4-12(8-14)26-2)18(23-22-11)15-7-6-13(9-16(15)24)27-10-17(25)21-20/h3-9,11,18-19,22-24H,10,20H2,1-2H3,(H,21,25). The lowest BCUT2D eigenvalue weighted by Gasteiger charge is -2.24. The Morgan fingerprint density at radius 1 is 1.18 bits per heavy atom. The molecule has 3 atom stereocenters. The van der Waals surface area contributed by atoms with Crippen molar-refractivity contribution in [2.75, 3.05) is 13.7 Å². The first-order valence-corrected chi connectivity index (χ1v) is 8.78. The van der Waals surface area contributed by atoms with Gasteiger partial charge in [-0.3, -0.25) is 15.6 Å². The molecule has 1 aliphatic heterocycles. The zero-order valence-corrected chi connectivity index (χ0v) is 15.6. The summed E-state index contributed by atoms with van der Waals surface area (Å²) in [6, 6.07) is 11.9. The molecule has 0 aromatic heterocycles. The summed E-state index contributed by atoms with van der Waals surface area (Å²) >= 11 is 0. The molecule has 2 aromatic carbocycles. The number of carbonyl (C=O) groups excluding carboxylic acids is 1. The van der Waals surface area contributed by atoms with E-state index in [0.717, 1.165) is 0 Å². The first kappa shape index (κ1) is 19.7. The highest BCUT2D eigenvalue weighted by Gasteiger charge is 2.37. The van der Waals surface area contributed by atoms with Crippen LogP contribution in [-0.2, 0) is 4.79 Å². The molecule has 9 nitrogen and oxygen atoms in total. The quantitative estimate of drug-likeness (QED) is 0.267. The monoisotopic (exact) mass is 388 g/mol. The molecule has 1 saturated heterocycles. The van der Waals surface area contributed by atoms with E-state index in [0.29, 0.717) is 22.8 Å². The van der Waals surface area contributed by atoms with Gasteiger partial charge in [0, 0.05) is 17.7 Å². The largest absolute Gasteiger partial charge is 0.507 e. The summed E-state index contributed by atoms with van der Waals surface area (Å²) in [7, 11) is 1.60. The molecule has 2 aromatic rings. The number of amides is 1. The second-order valence-electron chi connectivity index (χ2n) is 6.39. The van der Waals surface area contributed by atoms with Crippen molar-refractivity contribution in [3.05, 3.63) is 48.0 Å². The summed E-state index contributed by atoms with van der Waals surface area (Å²) in [5.41, 5.74) is 8.91. The minimum atomic E-state index is -0.467. The zero-order valence-electron chi connectivity index (χ0n) is 15.6. The molecule has 1 amide bonds. The Morgan fingerprint density at radius 2 is 1.96 bits per heavy atom. The molecule has 9 heteroatoms. The maximum absolute atomic E-state index is 11.2. The minimum absolute atomic E-state index is 0.0141. The highest BCUT2D eigenvalue weighted by atomic mass is 16.5.